The summed E-state index contributed by atoms with van der Waals surface area (Å²) < 4.78 is 32.0. The van der Waals surface area contributed by atoms with E-state index in [2.05, 4.69) is 10.3 Å². The maximum absolute atomic E-state index is 12.8. The molecule has 1 fully saturated rings. The molecule has 1 N–H and O–H groups in total. The first-order valence-corrected chi connectivity index (χ1v) is 12.0. The molecular formula is C22H24ClN3O5S. The zero-order valence-electron chi connectivity index (χ0n) is 17.4. The van der Waals surface area contributed by atoms with E-state index in [1.165, 1.54) is 34.8 Å². The first kappa shape index (κ1) is 23.9. The van der Waals surface area contributed by atoms with Crippen molar-refractivity contribution in [2.24, 2.45) is 0 Å². The Bertz CT molecular complexity index is 1080. The largest absolute Gasteiger partial charge is 0.452 e. The SMILES string of the molecule is O=C(COC(=O)/C=C/c1ccc(S(=O)(=O)N2CCCCCC2)cc1)Nc1cccnc1Cl. The van der Waals surface area contributed by atoms with Crippen LogP contribution in [0.2, 0.25) is 5.15 Å². The van der Waals surface area contributed by atoms with E-state index in [-0.39, 0.29) is 10.0 Å². The van der Waals surface area contributed by atoms with Crippen LogP contribution in [0.5, 0.6) is 0 Å². The van der Waals surface area contributed by atoms with Crippen molar-refractivity contribution in [2.45, 2.75) is 30.6 Å². The van der Waals surface area contributed by atoms with Crippen LogP contribution in [0.15, 0.2) is 53.6 Å². The molecule has 170 valence electrons. The Balaban J connectivity index is 1.52. The molecule has 0 bridgehead atoms. The number of halogens is 1. The second-order valence-corrected chi connectivity index (χ2v) is 9.51. The Morgan fingerprint density at radius 3 is 2.44 bits per heavy atom. The predicted molar refractivity (Wildman–Crippen MR) is 122 cm³/mol. The highest BCUT2D eigenvalue weighted by Crippen LogP contribution is 2.21. The van der Waals surface area contributed by atoms with E-state index in [1.54, 1.807) is 24.3 Å². The van der Waals surface area contributed by atoms with Gasteiger partial charge in [0.25, 0.3) is 5.91 Å². The van der Waals surface area contributed by atoms with Crippen LogP contribution in [0.3, 0.4) is 0 Å². The summed E-state index contributed by atoms with van der Waals surface area (Å²) in [4.78, 5) is 27.8. The van der Waals surface area contributed by atoms with Gasteiger partial charge in [0.05, 0.1) is 10.6 Å². The van der Waals surface area contributed by atoms with Gasteiger partial charge in [-0.3, -0.25) is 4.79 Å². The molecule has 2 aromatic rings. The summed E-state index contributed by atoms with van der Waals surface area (Å²) in [5, 5.41) is 2.63. The van der Waals surface area contributed by atoms with Crippen LogP contribution >= 0.6 is 11.6 Å². The van der Waals surface area contributed by atoms with Gasteiger partial charge < -0.3 is 10.1 Å². The topological polar surface area (TPSA) is 106 Å². The first-order valence-electron chi connectivity index (χ1n) is 10.2. The summed E-state index contributed by atoms with van der Waals surface area (Å²) in [6.45, 7) is 0.591. The van der Waals surface area contributed by atoms with Gasteiger partial charge >= 0.3 is 5.97 Å². The average molecular weight is 478 g/mol. The molecule has 0 atom stereocenters. The van der Waals surface area contributed by atoms with E-state index in [9.17, 15) is 18.0 Å². The number of ether oxygens (including phenoxy) is 1. The fraction of sp³-hybridized carbons (Fsp3) is 0.318. The Kier molecular flexibility index (Phi) is 8.38. The molecule has 1 saturated heterocycles. The number of sulfonamides is 1. The number of rotatable bonds is 7. The molecule has 0 saturated carbocycles. The average Bonchev–Trinajstić information content (AvgIpc) is 3.08. The highest BCUT2D eigenvalue weighted by molar-refractivity contribution is 7.89. The summed E-state index contributed by atoms with van der Waals surface area (Å²) in [6.07, 6.45) is 7.98. The van der Waals surface area contributed by atoms with Crippen molar-refractivity contribution in [2.75, 3.05) is 25.0 Å². The summed E-state index contributed by atoms with van der Waals surface area (Å²) >= 11 is 5.85. The minimum Gasteiger partial charge on any atom is -0.452 e. The van der Waals surface area contributed by atoms with Crippen molar-refractivity contribution in [3.05, 3.63) is 59.4 Å². The van der Waals surface area contributed by atoms with E-state index in [4.69, 9.17) is 16.3 Å². The van der Waals surface area contributed by atoms with Crippen LogP contribution in [0.25, 0.3) is 6.08 Å². The van der Waals surface area contributed by atoms with Gasteiger partial charge in [-0.1, -0.05) is 36.6 Å². The molecule has 1 amide bonds. The minimum absolute atomic E-state index is 0.133. The fourth-order valence-corrected chi connectivity index (χ4v) is 4.88. The number of carbonyl (C=O) groups is 2. The standard InChI is InChI=1S/C22H24ClN3O5S/c23-22-19(6-5-13-24-22)25-20(27)16-31-21(28)12-9-17-7-10-18(11-8-17)32(29,30)26-14-3-1-2-4-15-26/h5-13H,1-4,14-16H2,(H,25,27)/b12-9+. The fourth-order valence-electron chi connectivity index (χ4n) is 3.20. The highest BCUT2D eigenvalue weighted by Gasteiger charge is 2.24. The highest BCUT2D eigenvalue weighted by atomic mass is 35.5. The van der Waals surface area contributed by atoms with Crippen LogP contribution < -0.4 is 5.32 Å². The van der Waals surface area contributed by atoms with Crippen molar-refractivity contribution >= 4 is 45.3 Å². The predicted octanol–water partition coefficient (Wildman–Crippen LogP) is 3.49. The number of amides is 1. The maximum Gasteiger partial charge on any atom is 0.331 e. The third kappa shape index (κ3) is 6.62. The Morgan fingerprint density at radius 1 is 1.09 bits per heavy atom. The summed E-state index contributed by atoms with van der Waals surface area (Å²) in [5.74, 6) is -1.26. The number of hydrogen-bond acceptors (Lipinski definition) is 6. The van der Waals surface area contributed by atoms with Gasteiger partial charge in [-0.05, 0) is 48.7 Å². The van der Waals surface area contributed by atoms with Gasteiger partial charge in [0, 0.05) is 25.4 Å². The lowest BCUT2D eigenvalue weighted by atomic mass is 10.2. The van der Waals surface area contributed by atoms with E-state index in [0.29, 0.717) is 24.3 Å². The van der Waals surface area contributed by atoms with Crippen molar-refractivity contribution in [1.29, 1.82) is 0 Å². The maximum atomic E-state index is 12.8. The van der Waals surface area contributed by atoms with Crippen molar-refractivity contribution in [3.63, 3.8) is 0 Å². The molecule has 1 aliphatic heterocycles. The quantitative estimate of drug-likeness (QED) is 0.371. The van der Waals surface area contributed by atoms with E-state index in [1.807, 2.05) is 0 Å². The minimum atomic E-state index is -3.52. The summed E-state index contributed by atoms with van der Waals surface area (Å²) in [6, 6.07) is 9.47. The van der Waals surface area contributed by atoms with Gasteiger partial charge in [0.15, 0.2) is 11.8 Å². The Hall–Kier alpha value is -2.75. The number of aromatic nitrogens is 1. The normalized spacial score (nSPS) is 15.3. The number of anilines is 1. The number of pyridine rings is 1. The zero-order valence-corrected chi connectivity index (χ0v) is 18.9. The lowest BCUT2D eigenvalue weighted by Crippen LogP contribution is -2.31. The lowest BCUT2D eigenvalue weighted by Gasteiger charge is -2.19. The zero-order chi connectivity index (χ0) is 23.0. The number of hydrogen-bond donors (Lipinski definition) is 1. The molecule has 8 nitrogen and oxygen atoms in total. The number of esters is 1. The van der Waals surface area contributed by atoms with Crippen molar-refractivity contribution in [1.82, 2.24) is 9.29 Å². The Labute approximate surface area is 192 Å². The van der Waals surface area contributed by atoms with Gasteiger partial charge in [0.2, 0.25) is 10.0 Å². The van der Waals surface area contributed by atoms with Gasteiger partial charge in [0.1, 0.15) is 0 Å². The van der Waals surface area contributed by atoms with Gasteiger partial charge in [-0.2, -0.15) is 4.31 Å². The van der Waals surface area contributed by atoms with E-state index < -0.39 is 28.5 Å². The third-order valence-corrected chi connectivity index (χ3v) is 7.09. The third-order valence-electron chi connectivity index (χ3n) is 4.87. The van der Waals surface area contributed by atoms with Crippen LogP contribution in [0.1, 0.15) is 31.2 Å². The molecule has 1 aromatic heterocycles. The van der Waals surface area contributed by atoms with Crippen LogP contribution in [0, 0.1) is 0 Å². The number of nitrogens with zero attached hydrogens (tertiary/aromatic N) is 2. The van der Waals surface area contributed by atoms with Crippen molar-refractivity contribution < 1.29 is 22.7 Å². The molecule has 0 radical (unpaired) electrons. The smallest absolute Gasteiger partial charge is 0.331 e. The van der Waals surface area contributed by atoms with Crippen molar-refractivity contribution in [3.8, 4) is 0 Å². The first-order chi connectivity index (χ1) is 15.4. The lowest BCUT2D eigenvalue weighted by molar-refractivity contribution is -0.142. The van der Waals surface area contributed by atoms with Gasteiger partial charge in [-0.25, -0.2) is 18.2 Å². The second-order valence-electron chi connectivity index (χ2n) is 7.22. The summed E-state index contributed by atoms with van der Waals surface area (Å²) in [7, 11) is -3.52. The van der Waals surface area contributed by atoms with Crippen LogP contribution in [0.4, 0.5) is 5.69 Å². The number of carbonyl (C=O) groups excluding carboxylic acids is 2. The van der Waals surface area contributed by atoms with Crippen LogP contribution in [-0.4, -0.2) is 49.3 Å². The molecule has 0 spiro atoms. The summed E-state index contributed by atoms with van der Waals surface area (Å²) in [5.41, 5.74) is 0.948. The second kappa shape index (κ2) is 11.2. The molecule has 1 aromatic carbocycles. The number of nitrogens with one attached hydrogen (secondary N) is 1. The molecule has 1 aliphatic rings. The number of benzene rings is 1. The molecule has 10 heteroatoms. The molecule has 0 aliphatic carbocycles. The van der Waals surface area contributed by atoms with Crippen LogP contribution in [-0.2, 0) is 24.3 Å². The van der Waals surface area contributed by atoms with Gasteiger partial charge in [-0.15, -0.1) is 0 Å². The molecule has 3 rings (SSSR count). The molecule has 0 unspecified atom stereocenters. The molecular weight excluding hydrogens is 454 g/mol. The van der Waals surface area contributed by atoms with E-state index in [0.717, 1.165) is 25.7 Å². The van der Waals surface area contributed by atoms with E-state index >= 15 is 0 Å². The molecule has 32 heavy (non-hydrogen) atoms. The molecule has 2 heterocycles. The Morgan fingerprint density at radius 2 is 1.78 bits per heavy atom. The monoisotopic (exact) mass is 477 g/mol.